The molecule has 0 aromatic heterocycles. The van der Waals surface area contributed by atoms with E-state index >= 15 is 0 Å². The number of benzene rings is 2. The van der Waals surface area contributed by atoms with E-state index in [2.05, 4.69) is 0 Å². The fraction of sp³-hybridized carbons (Fsp3) is 0.222. The predicted molar refractivity (Wildman–Crippen MR) is 94.4 cm³/mol. The zero-order valence-corrected chi connectivity index (χ0v) is 15.0. The second-order valence-electron chi connectivity index (χ2n) is 5.55. The van der Waals surface area contributed by atoms with Crippen LogP contribution in [-0.4, -0.2) is 26.4 Å². The Morgan fingerprint density at radius 1 is 1.12 bits per heavy atom. The number of aliphatic hydroxyl groups excluding tert-OH is 1. The van der Waals surface area contributed by atoms with Crippen LogP contribution in [0.25, 0.3) is 5.57 Å². The van der Waals surface area contributed by atoms with Gasteiger partial charge in [-0.15, -0.1) is 0 Å². The van der Waals surface area contributed by atoms with Crippen LogP contribution in [0.1, 0.15) is 24.5 Å². The number of hydrogen-bond acceptors (Lipinski definition) is 3. The molecule has 0 saturated carbocycles. The first kappa shape index (κ1) is 18.6. The maximum atomic E-state index is 13.4. The van der Waals surface area contributed by atoms with Crippen molar-refractivity contribution >= 4 is 27.0 Å². The van der Waals surface area contributed by atoms with Crippen LogP contribution in [0.3, 0.4) is 0 Å². The highest BCUT2D eigenvalue weighted by Gasteiger charge is 2.13. The highest BCUT2D eigenvalue weighted by molar-refractivity contribution is 7.90. The largest absolute Gasteiger partial charge is 0.396 e. The van der Waals surface area contributed by atoms with Gasteiger partial charge >= 0.3 is 0 Å². The Labute approximate surface area is 146 Å². The Morgan fingerprint density at radius 2 is 1.71 bits per heavy atom. The first-order valence-electron chi connectivity index (χ1n) is 7.30. The summed E-state index contributed by atoms with van der Waals surface area (Å²) in [6, 6.07) is 10.9. The van der Waals surface area contributed by atoms with Crippen LogP contribution in [-0.2, 0) is 9.84 Å². The molecule has 0 aliphatic rings. The van der Waals surface area contributed by atoms with E-state index in [4.69, 9.17) is 11.6 Å². The highest BCUT2D eigenvalue weighted by atomic mass is 35.5. The molecule has 0 atom stereocenters. The van der Waals surface area contributed by atoms with Crippen molar-refractivity contribution in [3.63, 3.8) is 0 Å². The molecule has 0 unspecified atom stereocenters. The molecule has 2 rings (SSSR count). The van der Waals surface area contributed by atoms with Crippen LogP contribution in [0, 0.1) is 5.82 Å². The quantitative estimate of drug-likeness (QED) is 0.864. The van der Waals surface area contributed by atoms with Gasteiger partial charge in [0.05, 0.1) is 9.92 Å². The molecule has 0 aliphatic carbocycles. The van der Waals surface area contributed by atoms with Gasteiger partial charge in [0.1, 0.15) is 5.82 Å². The monoisotopic (exact) mass is 368 g/mol. The van der Waals surface area contributed by atoms with Gasteiger partial charge in [0, 0.05) is 12.9 Å². The fourth-order valence-corrected chi connectivity index (χ4v) is 3.28. The van der Waals surface area contributed by atoms with E-state index in [-0.39, 0.29) is 16.5 Å². The van der Waals surface area contributed by atoms with Crippen molar-refractivity contribution in [1.29, 1.82) is 0 Å². The Bertz CT molecular complexity index is 872. The lowest BCUT2D eigenvalue weighted by atomic mass is 9.92. The van der Waals surface area contributed by atoms with Gasteiger partial charge in [-0.1, -0.05) is 35.4 Å². The van der Waals surface area contributed by atoms with E-state index in [0.29, 0.717) is 12.0 Å². The second-order valence-corrected chi connectivity index (χ2v) is 7.98. The first-order chi connectivity index (χ1) is 11.2. The van der Waals surface area contributed by atoms with Gasteiger partial charge in [0.2, 0.25) is 0 Å². The zero-order valence-electron chi connectivity index (χ0n) is 13.4. The summed E-state index contributed by atoms with van der Waals surface area (Å²) in [6.45, 7) is 1.85. The SMILES string of the molecule is CC(CCO)=C(c1ccc(S(C)(=O)=O)cc1)c1ccc(F)c(Cl)c1. The third-order valence-electron chi connectivity index (χ3n) is 3.69. The number of halogens is 2. The number of rotatable bonds is 5. The Balaban J connectivity index is 2.59. The van der Waals surface area contributed by atoms with Crippen molar-refractivity contribution in [2.75, 3.05) is 12.9 Å². The minimum atomic E-state index is -3.28. The summed E-state index contributed by atoms with van der Waals surface area (Å²) >= 11 is 5.89. The van der Waals surface area contributed by atoms with Gasteiger partial charge < -0.3 is 5.11 Å². The highest BCUT2D eigenvalue weighted by Crippen LogP contribution is 2.31. The Hall–Kier alpha value is -1.69. The van der Waals surface area contributed by atoms with Gasteiger partial charge in [0.15, 0.2) is 9.84 Å². The summed E-state index contributed by atoms with van der Waals surface area (Å²) in [5.41, 5.74) is 3.17. The van der Waals surface area contributed by atoms with E-state index < -0.39 is 15.7 Å². The van der Waals surface area contributed by atoms with Crippen molar-refractivity contribution in [1.82, 2.24) is 0 Å². The van der Waals surface area contributed by atoms with E-state index in [0.717, 1.165) is 23.0 Å². The molecule has 0 amide bonds. The van der Waals surface area contributed by atoms with Crippen LogP contribution in [0.4, 0.5) is 4.39 Å². The van der Waals surface area contributed by atoms with Crippen LogP contribution < -0.4 is 0 Å². The summed E-state index contributed by atoms with van der Waals surface area (Å²) in [4.78, 5) is 0.225. The second kappa shape index (κ2) is 7.47. The maximum absolute atomic E-state index is 13.4. The third kappa shape index (κ3) is 4.23. The van der Waals surface area contributed by atoms with Gasteiger partial charge in [0.25, 0.3) is 0 Å². The van der Waals surface area contributed by atoms with Gasteiger partial charge in [-0.25, -0.2) is 12.8 Å². The van der Waals surface area contributed by atoms with Crippen LogP contribution >= 0.6 is 11.6 Å². The van der Waals surface area contributed by atoms with Gasteiger partial charge in [-0.05, 0) is 54.3 Å². The van der Waals surface area contributed by atoms with Crippen LogP contribution in [0.15, 0.2) is 52.9 Å². The molecule has 0 fully saturated rings. The van der Waals surface area contributed by atoms with Crippen molar-refractivity contribution in [3.8, 4) is 0 Å². The minimum absolute atomic E-state index is 0.00885. The zero-order chi connectivity index (χ0) is 17.9. The molecule has 3 nitrogen and oxygen atoms in total. The van der Waals surface area contributed by atoms with Crippen LogP contribution in [0.2, 0.25) is 5.02 Å². The number of hydrogen-bond donors (Lipinski definition) is 1. The molecule has 0 spiro atoms. The van der Waals surface area contributed by atoms with Crippen molar-refractivity contribution < 1.29 is 17.9 Å². The molecular formula is C18H18ClFO3S. The van der Waals surface area contributed by atoms with Crippen molar-refractivity contribution in [2.45, 2.75) is 18.2 Å². The molecule has 2 aromatic carbocycles. The molecule has 1 N–H and O–H groups in total. The predicted octanol–water partition coefficient (Wildman–Crippen LogP) is 4.09. The van der Waals surface area contributed by atoms with E-state index in [9.17, 15) is 17.9 Å². The Kier molecular flexibility index (Phi) is 5.80. The summed E-state index contributed by atoms with van der Waals surface area (Å²) < 4.78 is 36.6. The van der Waals surface area contributed by atoms with Crippen molar-refractivity contribution in [3.05, 3.63) is 70.0 Å². The summed E-state index contributed by atoms with van der Waals surface area (Å²) in [6.07, 6.45) is 1.59. The normalized spacial score (nSPS) is 12.9. The average Bonchev–Trinajstić information content (AvgIpc) is 2.51. The van der Waals surface area contributed by atoms with Gasteiger partial charge in [-0.3, -0.25) is 0 Å². The van der Waals surface area contributed by atoms with Crippen LogP contribution in [0.5, 0.6) is 0 Å². The molecular weight excluding hydrogens is 351 g/mol. The number of aliphatic hydroxyl groups is 1. The molecule has 2 aromatic rings. The molecule has 0 aliphatic heterocycles. The maximum Gasteiger partial charge on any atom is 0.175 e. The molecule has 0 radical (unpaired) electrons. The average molecular weight is 369 g/mol. The lowest BCUT2D eigenvalue weighted by Crippen LogP contribution is -1.99. The molecule has 128 valence electrons. The van der Waals surface area contributed by atoms with Gasteiger partial charge in [-0.2, -0.15) is 0 Å². The summed E-state index contributed by atoms with van der Waals surface area (Å²) in [5.74, 6) is -0.507. The fourth-order valence-electron chi connectivity index (χ4n) is 2.47. The molecule has 0 bridgehead atoms. The first-order valence-corrected chi connectivity index (χ1v) is 9.57. The van der Waals surface area contributed by atoms with E-state index in [1.807, 2.05) is 6.92 Å². The standard InChI is InChI=1S/C18H18ClFO3S/c1-12(9-10-21)18(14-5-8-17(20)16(19)11-14)13-3-6-15(7-4-13)24(2,22)23/h3-8,11,21H,9-10H2,1-2H3. The Morgan fingerprint density at radius 3 is 2.21 bits per heavy atom. The smallest absolute Gasteiger partial charge is 0.175 e. The lowest BCUT2D eigenvalue weighted by Gasteiger charge is -2.14. The van der Waals surface area contributed by atoms with E-state index in [1.165, 1.54) is 24.3 Å². The molecule has 0 saturated heterocycles. The number of sulfone groups is 1. The summed E-state index contributed by atoms with van der Waals surface area (Å²) in [5, 5.41) is 9.24. The third-order valence-corrected chi connectivity index (χ3v) is 5.11. The molecule has 24 heavy (non-hydrogen) atoms. The van der Waals surface area contributed by atoms with E-state index in [1.54, 1.807) is 18.2 Å². The van der Waals surface area contributed by atoms with Crippen molar-refractivity contribution in [2.24, 2.45) is 0 Å². The molecule has 0 heterocycles. The minimum Gasteiger partial charge on any atom is -0.396 e. The lowest BCUT2D eigenvalue weighted by molar-refractivity contribution is 0.299. The topological polar surface area (TPSA) is 54.4 Å². The summed E-state index contributed by atoms with van der Waals surface area (Å²) in [7, 11) is -3.28. The molecule has 6 heteroatoms.